The molecule has 0 aliphatic carbocycles. The quantitative estimate of drug-likeness (QED) is 0.752. The lowest BCUT2D eigenvalue weighted by atomic mass is 10.1. The van der Waals surface area contributed by atoms with Crippen LogP contribution in [0, 0.1) is 0 Å². The van der Waals surface area contributed by atoms with E-state index in [4.69, 9.17) is 0 Å². The second-order valence-corrected chi connectivity index (χ2v) is 6.07. The van der Waals surface area contributed by atoms with Crippen LogP contribution in [-0.2, 0) is 0 Å². The molecule has 0 bridgehead atoms. The van der Waals surface area contributed by atoms with Gasteiger partial charge in [-0.1, -0.05) is 22.5 Å². The van der Waals surface area contributed by atoms with E-state index in [0.717, 1.165) is 24.1 Å². The highest BCUT2D eigenvalue weighted by Gasteiger charge is 2.25. The van der Waals surface area contributed by atoms with Crippen molar-refractivity contribution >= 4 is 15.9 Å². The van der Waals surface area contributed by atoms with Crippen LogP contribution in [0.2, 0.25) is 0 Å². The van der Waals surface area contributed by atoms with Gasteiger partial charge in [-0.25, -0.2) is 0 Å². The van der Waals surface area contributed by atoms with E-state index in [0.29, 0.717) is 5.54 Å². The normalized spacial score (nSPS) is 21.1. The smallest absolute Gasteiger partial charge is 0.0294 e. The first-order valence-corrected chi connectivity index (χ1v) is 5.99. The van der Waals surface area contributed by atoms with E-state index in [9.17, 15) is 0 Å². The third-order valence-corrected chi connectivity index (χ3v) is 2.97. The van der Waals surface area contributed by atoms with Crippen molar-refractivity contribution in [3.63, 3.8) is 0 Å². The van der Waals surface area contributed by atoms with E-state index in [-0.39, 0.29) is 0 Å². The van der Waals surface area contributed by atoms with Crippen LogP contribution < -0.4 is 0 Å². The first-order chi connectivity index (χ1) is 6.39. The topological polar surface area (TPSA) is 6.48 Å². The van der Waals surface area contributed by atoms with Crippen LogP contribution in [0.3, 0.4) is 0 Å². The standard InChI is InChI=1S/C11H21BrN2/c1-10(12)9-13-5-7-14(8-6-13)11(2,3)4/h1,5-9H2,2-4H3. The van der Waals surface area contributed by atoms with E-state index in [1.165, 1.54) is 13.1 Å². The SMILES string of the molecule is C=C(Br)CN1CCN(C(C)(C)C)CC1. The second kappa shape index (κ2) is 4.77. The van der Waals surface area contributed by atoms with Gasteiger partial charge in [-0.15, -0.1) is 0 Å². The van der Waals surface area contributed by atoms with Crippen molar-refractivity contribution in [3.05, 3.63) is 11.1 Å². The van der Waals surface area contributed by atoms with Gasteiger partial charge in [-0.05, 0) is 20.8 Å². The summed E-state index contributed by atoms with van der Waals surface area (Å²) >= 11 is 3.41. The van der Waals surface area contributed by atoms with E-state index in [2.05, 4.69) is 53.1 Å². The molecule has 0 aromatic heterocycles. The zero-order valence-electron chi connectivity index (χ0n) is 9.52. The molecule has 0 aromatic rings. The molecule has 3 heteroatoms. The Labute approximate surface area is 96.1 Å². The summed E-state index contributed by atoms with van der Waals surface area (Å²) in [5.74, 6) is 0. The maximum Gasteiger partial charge on any atom is 0.0294 e. The van der Waals surface area contributed by atoms with Crippen LogP contribution in [0.15, 0.2) is 11.1 Å². The Bertz CT molecular complexity index is 200. The predicted octanol–water partition coefficient (Wildman–Crippen LogP) is 2.31. The number of piperazine rings is 1. The largest absolute Gasteiger partial charge is 0.296 e. The lowest BCUT2D eigenvalue weighted by molar-refractivity contribution is 0.0672. The van der Waals surface area contributed by atoms with Gasteiger partial charge in [-0.3, -0.25) is 9.80 Å². The molecule has 2 nitrogen and oxygen atoms in total. The first-order valence-electron chi connectivity index (χ1n) is 5.20. The third-order valence-electron chi connectivity index (χ3n) is 2.72. The molecule has 1 rings (SSSR count). The molecule has 14 heavy (non-hydrogen) atoms. The number of hydrogen-bond acceptors (Lipinski definition) is 2. The molecular weight excluding hydrogens is 240 g/mol. The van der Waals surface area contributed by atoms with Crippen molar-refractivity contribution in [1.82, 2.24) is 9.80 Å². The Morgan fingerprint density at radius 3 is 2.07 bits per heavy atom. The fourth-order valence-electron chi connectivity index (χ4n) is 1.82. The van der Waals surface area contributed by atoms with E-state index in [1.54, 1.807) is 0 Å². The fraction of sp³-hybridized carbons (Fsp3) is 0.818. The van der Waals surface area contributed by atoms with Gasteiger partial charge in [-0.2, -0.15) is 0 Å². The van der Waals surface area contributed by atoms with Crippen LogP contribution >= 0.6 is 15.9 Å². The summed E-state index contributed by atoms with van der Waals surface area (Å²) < 4.78 is 1.08. The van der Waals surface area contributed by atoms with Crippen molar-refractivity contribution in [2.45, 2.75) is 26.3 Å². The minimum absolute atomic E-state index is 0.317. The molecule has 0 amide bonds. The summed E-state index contributed by atoms with van der Waals surface area (Å²) in [5, 5.41) is 0. The fourth-order valence-corrected chi connectivity index (χ4v) is 2.17. The molecule has 0 N–H and O–H groups in total. The highest BCUT2D eigenvalue weighted by atomic mass is 79.9. The summed E-state index contributed by atoms with van der Waals surface area (Å²) in [6.07, 6.45) is 0. The van der Waals surface area contributed by atoms with Gasteiger partial charge in [0.05, 0.1) is 0 Å². The van der Waals surface area contributed by atoms with Gasteiger partial charge in [0.25, 0.3) is 0 Å². The third kappa shape index (κ3) is 3.71. The van der Waals surface area contributed by atoms with Crippen LogP contribution in [0.5, 0.6) is 0 Å². The van der Waals surface area contributed by atoms with E-state index >= 15 is 0 Å². The number of hydrogen-bond donors (Lipinski definition) is 0. The Morgan fingerprint density at radius 2 is 1.71 bits per heavy atom. The molecular formula is C11H21BrN2. The van der Waals surface area contributed by atoms with Gasteiger partial charge in [0.15, 0.2) is 0 Å². The Morgan fingerprint density at radius 1 is 1.21 bits per heavy atom. The minimum atomic E-state index is 0.317. The van der Waals surface area contributed by atoms with Gasteiger partial charge >= 0.3 is 0 Å². The minimum Gasteiger partial charge on any atom is -0.296 e. The van der Waals surface area contributed by atoms with Crippen LogP contribution in [-0.4, -0.2) is 48.1 Å². The maximum atomic E-state index is 3.88. The number of nitrogens with zero attached hydrogens (tertiary/aromatic N) is 2. The van der Waals surface area contributed by atoms with Crippen molar-refractivity contribution in [1.29, 1.82) is 0 Å². The zero-order chi connectivity index (χ0) is 10.8. The summed E-state index contributed by atoms with van der Waals surface area (Å²) in [7, 11) is 0. The van der Waals surface area contributed by atoms with Crippen molar-refractivity contribution < 1.29 is 0 Å². The van der Waals surface area contributed by atoms with Crippen LogP contribution in [0.1, 0.15) is 20.8 Å². The monoisotopic (exact) mass is 260 g/mol. The molecule has 1 aliphatic rings. The lowest BCUT2D eigenvalue weighted by Crippen LogP contribution is -2.53. The molecule has 0 radical (unpaired) electrons. The van der Waals surface area contributed by atoms with Crippen LogP contribution in [0.4, 0.5) is 0 Å². The molecule has 1 fully saturated rings. The maximum absolute atomic E-state index is 3.88. The van der Waals surface area contributed by atoms with Crippen LogP contribution in [0.25, 0.3) is 0 Å². The Balaban J connectivity index is 2.35. The summed E-state index contributed by atoms with van der Waals surface area (Å²) in [4.78, 5) is 4.99. The highest BCUT2D eigenvalue weighted by Crippen LogP contribution is 2.16. The van der Waals surface area contributed by atoms with Gasteiger partial charge in [0.2, 0.25) is 0 Å². The predicted molar refractivity (Wildman–Crippen MR) is 65.8 cm³/mol. The molecule has 1 saturated heterocycles. The number of halogens is 1. The first kappa shape index (κ1) is 12.2. The van der Waals surface area contributed by atoms with E-state index < -0.39 is 0 Å². The average Bonchev–Trinajstić information content (AvgIpc) is 2.02. The summed E-state index contributed by atoms with van der Waals surface area (Å²) in [6, 6.07) is 0. The molecule has 0 atom stereocenters. The van der Waals surface area contributed by atoms with Gasteiger partial charge in [0, 0.05) is 42.7 Å². The van der Waals surface area contributed by atoms with Crippen molar-refractivity contribution in [2.75, 3.05) is 32.7 Å². The molecule has 0 aromatic carbocycles. The van der Waals surface area contributed by atoms with Gasteiger partial charge in [0.1, 0.15) is 0 Å². The molecule has 82 valence electrons. The highest BCUT2D eigenvalue weighted by molar-refractivity contribution is 9.11. The summed E-state index contributed by atoms with van der Waals surface area (Å²) in [5.41, 5.74) is 0.317. The van der Waals surface area contributed by atoms with Crippen molar-refractivity contribution in [2.24, 2.45) is 0 Å². The molecule has 0 unspecified atom stereocenters. The molecule has 0 saturated carbocycles. The van der Waals surface area contributed by atoms with Crippen molar-refractivity contribution in [3.8, 4) is 0 Å². The average molecular weight is 261 g/mol. The van der Waals surface area contributed by atoms with Gasteiger partial charge < -0.3 is 0 Å². The molecule has 0 spiro atoms. The second-order valence-electron chi connectivity index (χ2n) is 4.95. The molecule has 1 heterocycles. The Hall–Kier alpha value is 0.140. The Kier molecular flexibility index (Phi) is 4.16. The number of rotatable bonds is 2. The van der Waals surface area contributed by atoms with E-state index in [1.807, 2.05) is 0 Å². The zero-order valence-corrected chi connectivity index (χ0v) is 11.1. The molecule has 1 aliphatic heterocycles. The summed E-state index contributed by atoms with van der Waals surface area (Å²) in [6.45, 7) is 16.4. The lowest BCUT2D eigenvalue weighted by Gasteiger charge is -2.42.